The van der Waals surface area contributed by atoms with E-state index >= 15 is 0 Å². The maximum atomic E-state index is 12.5. The van der Waals surface area contributed by atoms with E-state index in [1.165, 1.54) is 19.3 Å². The maximum absolute atomic E-state index is 12.5. The zero-order chi connectivity index (χ0) is 27.4. The van der Waals surface area contributed by atoms with Gasteiger partial charge in [0.2, 0.25) is 16.0 Å². The van der Waals surface area contributed by atoms with Gasteiger partial charge in [-0.3, -0.25) is 0 Å². The van der Waals surface area contributed by atoms with E-state index in [-0.39, 0.29) is 27.8 Å². The number of hydrogen-bond donors (Lipinski definition) is 3. The molecule has 2 aromatic carbocycles. The third-order valence-electron chi connectivity index (χ3n) is 6.28. The quantitative estimate of drug-likeness (QED) is 0.331. The summed E-state index contributed by atoms with van der Waals surface area (Å²) >= 11 is 6.36. The minimum atomic E-state index is -3.70. The molecule has 0 saturated carbocycles. The number of nitrogens with zero attached hydrogens (tertiary/aromatic N) is 4. The first-order valence-corrected chi connectivity index (χ1v) is 14.2. The fourth-order valence-corrected chi connectivity index (χ4v) is 5.26. The molecule has 12 heteroatoms. The molecule has 4 rings (SSSR count). The molecule has 0 unspecified atom stereocenters. The Morgan fingerprint density at radius 3 is 2.58 bits per heavy atom. The number of likely N-dealkylation sites (N-methyl/N-ethyl adjacent to an activating group) is 1. The lowest BCUT2D eigenvalue weighted by Gasteiger charge is -2.23. The smallest absolute Gasteiger partial charge is 0.242 e. The van der Waals surface area contributed by atoms with Gasteiger partial charge in [-0.05, 0) is 65.7 Å². The number of benzene rings is 2. The molecule has 10 nitrogen and oxygen atoms in total. The molecule has 3 N–H and O–H groups in total. The van der Waals surface area contributed by atoms with Gasteiger partial charge in [-0.1, -0.05) is 23.7 Å². The van der Waals surface area contributed by atoms with Crippen LogP contribution >= 0.6 is 11.6 Å². The lowest BCUT2D eigenvalue weighted by molar-refractivity contribution is 0.244. The van der Waals surface area contributed by atoms with Crippen molar-refractivity contribution in [1.82, 2.24) is 19.6 Å². The number of hydrogen-bond acceptors (Lipinski definition) is 9. The Morgan fingerprint density at radius 2 is 1.89 bits per heavy atom. The van der Waals surface area contributed by atoms with Crippen molar-refractivity contribution in [3.05, 3.63) is 53.7 Å². The SMILES string of the molecule is CNS(=O)(=O)c1ccccc1Nc1nc(Nc2ccc(N3CC[C@H](N(C)C)C3)cc2OC(C)C)ncc1Cl. The van der Waals surface area contributed by atoms with Crippen LogP contribution in [0.2, 0.25) is 5.02 Å². The molecular formula is C26H34ClN7O3S. The molecule has 0 aliphatic carbocycles. The van der Waals surface area contributed by atoms with Crippen molar-refractivity contribution in [3.63, 3.8) is 0 Å². The van der Waals surface area contributed by atoms with Crippen LogP contribution in [0.1, 0.15) is 20.3 Å². The summed E-state index contributed by atoms with van der Waals surface area (Å²) in [6.45, 7) is 5.90. The molecule has 1 atom stereocenters. The summed E-state index contributed by atoms with van der Waals surface area (Å²) < 4.78 is 33.4. The number of ether oxygens (including phenoxy) is 1. The Hall–Kier alpha value is -3.12. The van der Waals surface area contributed by atoms with Crippen molar-refractivity contribution in [2.75, 3.05) is 49.8 Å². The Bertz CT molecular complexity index is 1390. The third-order valence-corrected chi connectivity index (χ3v) is 8.02. The van der Waals surface area contributed by atoms with E-state index in [2.05, 4.69) is 55.3 Å². The summed E-state index contributed by atoms with van der Waals surface area (Å²) in [7, 11) is 1.89. The number of rotatable bonds is 10. The van der Waals surface area contributed by atoms with E-state index in [0.717, 1.165) is 25.2 Å². The van der Waals surface area contributed by atoms with E-state index in [9.17, 15) is 8.42 Å². The molecule has 0 radical (unpaired) electrons. The van der Waals surface area contributed by atoms with E-state index < -0.39 is 10.0 Å². The van der Waals surface area contributed by atoms with Gasteiger partial charge in [0.25, 0.3) is 0 Å². The number of anilines is 5. The lowest BCUT2D eigenvalue weighted by atomic mass is 10.2. The van der Waals surface area contributed by atoms with Crippen molar-refractivity contribution >= 4 is 50.5 Å². The predicted molar refractivity (Wildman–Crippen MR) is 153 cm³/mol. The molecule has 38 heavy (non-hydrogen) atoms. The van der Waals surface area contributed by atoms with Gasteiger partial charge < -0.3 is 25.2 Å². The highest BCUT2D eigenvalue weighted by Crippen LogP contribution is 2.35. The number of para-hydroxylation sites is 1. The normalized spacial score (nSPS) is 15.8. The molecule has 0 spiro atoms. The standard InChI is InChI=1S/C26H34ClN7O3S/c1-17(2)37-23-14-18(34-13-12-19(16-34)33(4)5)10-11-21(23)31-26-29-15-20(27)25(32-26)30-22-8-6-7-9-24(22)38(35,36)28-3/h6-11,14-15,17,19,28H,12-13,16H2,1-5H3,(H2,29,30,31,32)/t19-/m0/s1. The molecule has 1 saturated heterocycles. The first-order valence-electron chi connectivity index (χ1n) is 12.4. The Balaban J connectivity index is 1.60. The zero-order valence-electron chi connectivity index (χ0n) is 22.2. The summed E-state index contributed by atoms with van der Waals surface area (Å²) in [5.41, 5.74) is 2.14. The number of sulfonamides is 1. The molecular weight excluding hydrogens is 526 g/mol. The van der Waals surface area contributed by atoms with Crippen molar-refractivity contribution < 1.29 is 13.2 Å². The van der Waals surface area contributed by atoms with Gasteiger partial charge in [0.05, 0.1) is 23.7 Å². The van der Waals surface area contributed by atoms with Crippen molar-refractivity contribution in [3.8, 4) is 5.75 Å². The fourth-order valence-electron chi connectivity index (χ4n) is 4.24. The fraction of sp³-hybridized carbons (Fsp3) is 0.385. The van der Waals surface area contributed by atoms with Gasteiger partial charge in [-0.25, -0.2) is 18.1 Å². The van der Waals surface area contributed by atoms with Crippen molar-refractivity contribution in [1.29, 1.82) is 0 Å². The summed E-state index contributed by atoms with van der Waals surface area (Å²) in [4.78, 5) is 13.5. The topological polar surface area (TPSA) is 112 Å². The molecule has 1 fully saturated rings. The summed E-state index contributed by atoms with van der Waals surface area (Å²) in [5.74, 6) is 1.23. The van der Waals surface area contributed by atoms with Gasteiger partial charge in [-0.15, -0.1) is 0 Å². The molecule has 0 bridgehead atoms. The molecule has 1 aromatic heterocycles. The molecule has 1 aliphatic heterocycles. The van der Waals surface area contributed by atoms with Crippen LogP contribution in [0.3, 0.4) is 0 Å². The molecule has 3 aromatic rings. The van der Waals surface area contributed by atoms with Crippen LogP contribution in [0.25, 0.3) is 0 Å². The second-order valence-electron chi connectivity index (χ2n) is 9.54. The Labute approximate surface area is 229 Å². The largest absolute Gasteiger partial charge is 0.489 e. The van der Waals surface area contributed by atoms with Crippen molar-refractivity contribution in [2.24, 2.45) is 0 Å². The summed E-state index contributed by atoms with van der Waals surface area (Å²) in [6.07, 6.45) is 2.53. The van der Waals surface area contributed by atoms with Gasteiger partial charge in [0.15, 0.2) is 5.82 Å². The van der Waals surface area contributed by atoms with Gasteiger partial charge >= 0.3 is 0 Å². The highest BCUT2D eigenvalue weighted by atomic mass is 35.5. The van der Waals surface area contributed by atoms with Gasteiger partial charge in [0, 0.05) is 30.9 Å². The van der Waals surface area contributed by atoms with Crippen LogP contribution in [0.4, 0.5) is 28.8 Å². The highest BCUT2D eigenvalue weighted by Gasteiger charge is 2.25. The molecule has 204 valence electrons. The third kappa shape index (κ3) is 6.47. The van der Waals surface area contributed by atoms with E-state index in [1.807, 2.05) is 26.0 Å². The van der Waals surface area contributed by atoms with Gasteiger partial charge in [0.1, 0.15) is 15.7 Å². The average molecular weight is 560 g/mol. The van der Waals surface area contributed by atoms with Crippen LogP contribution in [-0.4, -0.2) is 69.7 Å². The van der Waals surface area contributed by atoms with E-state index in [1.54, 1.807) is 18.2 Å². The van der Waals surface area contributed by atoms with Crippen molar-refractivity contribution in [2.45, 2.75) is 37.3 Å². The maximum Gasteiger partial charge on any atom is 0.242 e. The van der Waals surface area contributed by atoms with Crippen LogP contribution in [-0.2, 0) is 10.0 Å². The molecule has 0 amide bonds. The van der Waals surface area contributed by atoms with E-state index in [0.29, 0.717) is 23.2 Å². The van der Waals surface area contributed by atoms with Crippen LogP contribution < -0.4 is 25.0 Å². The number of halogens is 1. The number of nitrogens with one attached hydrogen (secondary N) is 3. The lowest BCUT2D eigenvalue weighted by Crippen LogP contribution is -2.31. The molecule has 2 heterocycles. The Morgan fingerprint density at radius 1 is 1.13 bits per heavy atom. The Kier molecular flexibility index (Phi) is 8.61. The van der Waals surface area contributed by atoms with Gasteiger partial charge in [-0.2, -0.15) is 4.98 Å². The second-order valence-corrected chi connectivity index (χ2v) is 11.8. The predicted octanol–water partition coefficient (Wildman–Crippen LogP) is 4.45. The van der Waals surface area contributed by atoms with Crippen LogP contribution in [0.15, 0.2) is 53.6 Å². The average Bonchev–Trinajstić information content (AvgIpc) is 3.38. The first kappa shape index (κ1) is 27.9. The minimum Gasteiger partial charge on any atom is -0.489 e. The van der Waals surface area contributed by atoms with E-state index in [4.69, 9.17) is 16.3 Å². The highest BCUT2D eigenvalue weighted by molar-refractivity contribution is 7.89. The second kappa shape index (κ2) is 11.7. The zero-order valence-corrected chi connectivity index (χ0v) is 23.8. The molecule has 1 aliphatic rings. The summed E-state index contributed by atoms with van der Waals surface area (Å²) in [6, 6.07) is 13.1. The minimum absolute atomic E-state index is 0.0344. The monoisotopic (exact) mass is 559 g/mol. The van der Waals surface area contributed by atoms with Crippen LogP contribution in [0.5, 0.6) is 5.75 Å². The first-order chi connectivity index (χ1) is 18.1. The van der Waals surface area contributed by atoms with Crippen LogP contribution in [0, 0.1) is 0 Å². The number of aromatic nitrogens is 2. The summed E-state index contributed by atoms with van der Waals surface area (Å²) in [5, 5.41) is 6.50.